The summed E-state index contributed by atoms with van der Waals surface area (Å²) in [6.45, 7) is 1.21. The van der Waals surface area contributed by atoms with Crippen molar-refractivity contribution in [2.45, 2.75) is 25.8 Å². The Morgan fingerprint density at radius 1 is 1.04 bits per heavy atom. The highest BCUT2D eigenvalue weighted by Gasteiger charge is 2.29. The molecule has 0 spiro atoms. The Kier molecular flexibility index (Phi) is 3.97. The lowest BCUT2D eigenvalue weighted by Gasteiger charge is -2.22. The molecule has 1 atom stereocenters. The second-order valence-electron chi connectivity index (χ2n) is 7.31. The van der Waals surface area contributed by atoms with Gasteiger partial charge in [-0.1, -0.05) is 48.5 Å². The third kappa shape index (κ3) is 2.92. The van der Waals surface area contributed by atoms with Crippen molar-refractivity contribution in [3.63, 3.8) is 0 Å². The van der Waals surface area contributed by atoms with Crippen LogP contribution in [0.5, 0.6) is 0 Å². The van der Waals surface area contributed by atoms with E-state index in [1.54, 1.807) is 11.3 Å². The number of carboxylic acids is 1. The number of nitrogens with zero attached hydrogens (tertiary/aromatic N) is 2. The van der Waals surface area contributed by atoms with Gasteiger partial charge in [0, 0.05) is 23.5 Å². The quantitative estimate of drug-likeness (QED) is 0.729. The van der Waals surface area contributed by atoms with Gasteiger partial charge in [-0.2, -0.15) is 0 Å². The number of fused-ring (bicyclic) bond motifs is 4. The van der Waals surface area contributed by atoms with Gasteiger partial charge in [0.2, 0.25) is 0 Å². The molecule has 0 radical (unpaired) electrons. The number of thiazole rings is 1. The van der Waals surface area contributed by atoms with Gasteiger partial charge in [-0.3, -0.25) is 4.79 Å². The van der Waals surface area contributed by atoms with Crippen molar-refractivity contribution in [3.05, 3.63) is 70.1 Å². The molecule has 2 aliphatic rings. The van der Waals surface area contributed by atoms with Crippen molar-refractivity contribution in [3.8, 4) is 11.3 Å². The van der Waals surface area contributed by atoms with Crippen molar-refractivity contribution in [2.24, 2.45) is 5.92 Å². The SMILES string of the molecule is O=C(O)C1Cc2ccccc2CN(c2nc3c(s2)CCc2ccccc2-3)C1. The zero-order valence-corrected chi connectivity index (χ0v) is 15.7. The molecule has 1 unspecified atom stereocenters. The van der Waals surface area contributed by atoms with E-state index in [2.05, 4.69) is 41.3 Å². The monoisotopic (exact) mass is 376 g/mol. The number of hydrogen-bond acceptors (Lipinski definition) is 4. The molecule has 5 rings (SSSR count). The first-order chi connectivity index (χ1) is 13.2. The van der Waals surface area contributed by atoms with Crippen LogP contribution in [-0.4, -0.2) is 22.6 Å². The fourth-order valence-corrected chi connectivity index (χ4v) is 5.24. The number of aliphatic carboxylic acids is 1. The highest BCUT2D eigenvalue weighted by molar-refractivity contribution is 7.16. The Bertz CT molecular complexity index is 1030. The van der Waals surface area contributed by atoms with Crippen LogP contribution in [0.2, 0.25) is 0 Å². The zero-order valence-electron chi connectivity index (χ0n) is 14.9. The minimum absolute atomic E-state index is 0.415. The topological polar surface area (TPSA) is 53.4 Å². The van der Waals surface area contributed by atoms with Gasteiger partial charge in [-0.05, 0) is 36.0 Å². The molecule has 1 aliphatic carbocycles. The summed E-state index contributed by atoms with van der Waals surface area (Å²) in [7, 11) is 0. The number of anilines is 1. The molecule has 136 valence electrons. The summed E-state index contributed by atoms with van der Waals surface area (Å²) in [6, 6.07) is 16.7. The Morgan fingerprint density at radius 3 is 2.59 bits per heavy atom. The summed E-state index contributed by atoms with van der Waals surface area (Å²) in [6.07, 6.45) is 2.64. The number of hydrogen-bond donors (Lipinski definition) is 1. The van der Waals surface area contributed by atoms with Crippen LogP contribution >= 0.6 is 11.3 Å². The van der Waals surface area contributed by atoms with Crippen LogP contribution in [-0.2, 0) is 30.6 Å². The van der Waals surface area contributed by atoms with Crippen LogP contribution in [0.25, 0.3) is 11.3 Å². The van der Waals surface area contributed by atoms with Gasteiger partial charge >= 0.3 is 5.97 Å². The Morgan fingerprint density at radius 2 is 1.78 bits per heavy atom. The molecular formula is C22H20N2O2S. The van der Waals surface area contributed by atoms with Gasteiger partial charge in [0.1, 0.15) is 0 Å². The van der Waals surface area contributed by atoms with E-state index in [1.807, 2.05) is 12.1 Å². The van der Waals surface area contributed by atoms with E-state index < -0.39 is 11.9 Å². The molecule has 0 bridgehead atoms. The van der Waals surface area contributed by atoms with Crippen molar-refractivity contribution < 1.29 is 9.90 Å². The third-order valence-electron chi connectivity index (χ3n) is 5.59. The van der Waals surface area contributed by atoms with Crippen molar-refractivity contribution in [2.75, 3.05) is 11.4 Å². The van der Waals surface area contributed by atoms with Crippen LogP contribution in [0.3, 0.4) is 0 Å². The van der Waals surface area contributed by atoms with Crippen molar-refractivity contribution >= 4 is 22.4 Å². The van der Waals surface area contributed by atoms with Gasteiger partial charge in [0.15, 0.2) is 5.13 Å². The summed E-state index contributed by atoms with van der Waals surface area (Å²) in [4.78, 5) is 20.3. The first-order valence-electron chi connectivity index (χ1n) is 9.31. The summed E-state index contributed by atoms with van der Waals surface area (Å²) in [5.41, 5.74) is 6.01. The van der Waals surface area contributed by atoms with Gasteiger partial charge in [-0.15, -0.1) is 11.3 Å². The lowest BCUT2D eigenvalue weighted by atomic mass is 9.94. The van der Waals surface area contributed by atoms with Gasteiger partial charge < -0.3 is 10.0 Å². The second-order valence-corrected chi connectivity index (χ2v) is 8.38. The molecule has 1 aromatic heterocycles. The molecule has 27 heavy (non-hydrogen) atoms. The fourth-order valence-electron chi connectivity index (χ4n) is 4.16. The van der Waals surface area contributed by atoms with Crippen LogP contribution in [0.4, 0.5) is 5.13 Å². The molecule has 0 saturated carbocycles. The lowest BCUT2D eigenvalue weighted by Crippen LogP contribution is -2.31. The first kappa shape index (κ1) is 16.5. The van der Waals surface area contributed by atoms with Crippen LogP contribution < -0.4 is 4.90 Å². The summed E-state index contributed by atoms with van der Waals surface area (Å²) in [5.74, 6) is -1.15. The van der Waals surface area contributed by atoms with E-state index in [1.165, 1.54) is 21.6 Å². The lowest BCUT2D eigenvalue weighted by molar-refractivity contribution is -0.141. The van der Waals surface area contributed by atoms with Gasteiger partial charge in [-0.25, -0.2) is 4.98 Å². The normalized spacial score (nSPS) is 18.2. The molecule has 0 saturated heterocycles. The average molecular weight is 376 g/mol. The summed E-state index contributed by atoms with van der Waals surface area (Å²) in [5, 5.41) is 10.6. The molecule has 3 aromatic rings. The maximum absolute atomic E-state index is 11.8. The smallest absolute Gasteiger partial charge is 0.308 e. The van der Waals surface area contributed by atoms with E-state index in [0.717, 1.165) is 29.2 Å². The zero-order chi connectivity index (χ0) is 18.4. The minimum atomic E-state index is -0.733. The van der Waals surface area contributed by atoms with Crippen molar-refractivity contribution in [1.82, 2.24) is 4.98 Å². The van der Waals surface area contributed by atoms with Crippen molar-refractivity contribution in [1.29, 1.82) is 0 Å². The summed E-state index contributed by atoms with van der Waals surface area (Å²) < 4.78 is 0. The standard InChI is InChI=1S/C22H20N2O2S/c25-21(26)17-11-15-6-1-2-7-16(15)12-24(13-17)22-23-20-18-8-4-3-5-14(18)9-10-19(20)27-22/h1-8,17H,9-13H2,(H,25,26). The van der Waals surface area contributed by atoms with Crippen LogP contribution in [0.15, 0.2) is 48.5 Å². The Hall–Kier alpha value is -2.66. The number of benzene rings is 2. The second kappa shape index (κ2) is 6.50. The Labute approximate surface area is 162 Å². The summed E-state index contributed by atoms with van der Waals surface area (Å²) >= 11 is 1.73. The maximum atomic E-state index is 11.8. The number of carbonyl (C=O) groups is 1. The predicted molar refractivity (Wildman–Crippen MR) is 107 cm³/mol. The molecule has 1 aliphatic heterocycles. The molecule has 4 nitrogen and oxygen atoms in total. The number of carboxylic acid groups (broad SMARTS) is 1. The van der Waals surface area contributed by atoms with Gasteiger partial charge in [0.25, 0.3) is 0 Å². The van der Waals surface area contributed by atoms with E-state index in [9.17, 15) is 9.90 Å². The highest BCUT2D eigenvalue weighted by atomic mass is 32.1. The van der Waals surface area contributed by atoms with Gasteiger partial charge in [0.05, 0.1) is 11.6 Å². The molecule has 0 amide bonds. The maximum Gasteiger partial charge on any atom is 0.308 e. The van der Waals surface area contributed by atoms with E-state index in [-0.39, 0.29) is 0 Å². The Balaban J connectivity index is 1.55. The molecular weight excluding hydrogens is 356 g/mol. The third-order valence-corrected chi connectivity index (χ3v) is 6.76. The molecule has 5 heteroatoms. The molecule has 0 fully saturated rings. The molecule has 2 aromatic carbocycles. The van der Waals surface area contributed by atoms with Crippen LogP contribution in [0.1, 0.15) is 21.6 Å². The molecule has 2 heterocycles. The fraction of sp³-hybridized carbons (Fsp3) is 0.273. The minimum Gasteiger partial charge on any atom is -0.481 e. The predicted octanol–water partition coefficient (Wildman–Crippen LogP) is 4.17. The highest BCUT2D eigenvalue weighted by Crippen LogP contribution is 2.40. The molecule has 1 N–H and O–H groups in total. The average Bonchev–Trinajstić information content (AvgIpc) is 3.02. The van der Waals surface area contributed by atoms with E-state index in [4.69, 9.17) is 4.98 Å². The van der Waals surface area contributed by atoms with Crippen LogP contribution in [0, 0.1) is 5.92 Å². The van der Waals surface area contributed by atoms with E-state index >= 15 is 0 Å². The first-order valence-corrected chi connectivity index (χ1v) is 10.1. The number of aromatic nitrogens is 1. The number of aryl methyl sites for hydroxylation is 2. The number of rotatable bonds is 2. The van der Waals surface area contributed by atoms with E-state index in [0.29, 0.717) is 19.5 Å². The largest absolute Gasteiger partial charge is 0.481 e.